The van der Waals surface area contributed by atoms with Gasteiger partial charge in [0.05, 0.1) is 18.6 Å². The molecule has 1 aliphatic rings. The molecule has 1 saturated heterocycles. The van der Waals surface area contributed by atoms with E-state index < -0.39 is 15.4 Å². The summed E-state index contributed by atoms with van der Waals surface area (Å²) in [5, 5.41) is 3.25. The molecule has 1 aromatic carbocycles. The number of hydrogen-bond donors (Lipinski definition) is 2. The molecule has 3 N–H and O–H groups in total. The number of sulfone groups is 1. The molecule has 0 aliphatic carbocycles. The predicted molar refractivity (Wildman–Crippen MR) is 72.7 cm³/mol. The Morgan fingerprint density at radius 2 is 2.11 bits per heavy atom. The summed E-state index contributed by atoms with van der Waals surface area (Å²) in [5.41, 5.74) is 6.70. The highest BCUT2D eigenvalue weighted by Gasteiger charge is 2.38. The van der Waals surface area contributed by atoms with Gasteiger partial charge < -0.3 is 15.8 Å². The molecule has 18 heavy (non-hydrogen) atoms. The highest BCUT2D eigenvalue weighted by molar-refractivity contribution is 7.91. The fraction of sp³-hybridized carbons (Fsp3) is 0.500. The van der Waals surface area contributed by atoms with Gasteiger partial charge in [0.25, 0.3) is 0 Å². The summed E-state index contributed by atoms with van der Waals surface area (Å²) in [6.07, 6.45) is 0.604. The van der Waals surface area contributed by atoms with E-state index in [1.165, 1.54) is 0 Å². The Morgan fingerprint density at radius 1 is 1.39 bits per heavy atom. The van der Waals surface area contributed by atoms with Crippen molar-refractivity contribution in [3.63, 3.8) is 0 Å². The van der Waals surface area contributed by atoms with Crippen LogP contribution in [0.3, 0.4) is 0 Å². The van der Waals surface area contributed by atoms with E-state index in [2.05, 4.69) is 5.32 Å². The molecule has 0 spiro atoms. The summed E-state index contributed by atoms with van der Waals surface area (Å²) in [6, 6.07) is 5.31. The minimum absolute atomic E-state index is 0.150. The van der Waals surface area contributed by atoms with E-state index in [1.807, 2.05) is 13.0 Å². The fourth-order valence-corrected chi connectivity index (χ4v) is 4.36. The zero-order valence-corrected chi connectivity index (χ0v) is 11.4. The average molecular weight is 270 g/mol. The van der Waals surface area contributed by atoms with Crippen LogP contribution in [0, 0.1) is 0 Å². The number of benzene rings is 1. The van der Waals surface area contributed by atoms with Crippen molar-refractivity contribution >= 4 is 21.2 Å². The second-order valence-electron chi connectivity index (χ2n) is 5.02. The highest BCUT2D eigenvalue weighted by Crippen LogP contribution is 2.30. The molecule has 6 heteroatoms. The first-order valence-corrected chi connectivity index (χ1v) is 7.57. The lowest BCUT2D eigenvalue weighted by atomic mass is 10.0. The third-order valence-corrected chi connectivity index (χ3v) is 5.02. The number of methoxy groups -OCH3 is 1. The van der Waals surface area contributed by atoms with Gasteiger partial charge in [-0.3, -0.25) is 0 Å². The lowest BCUT2D eigenvalue weighted by Gasteiger charge is -2.25. The summed E-state index contributed by atoms with van der Waals surface area (Å²) in [4.78, 5) is 0. The number of ether oxygens (including phenoxy) is 1. The quantitative estimate of drug-likeness (QED) is 0.808. The molecule has 100 valence electrons. The van der Waals surface area contributed by atoms with Crippen LogP contribution in [-0.2, 0) is 9.84 Å². The molecule has 0 aromatic heterocycles. The first kappa shape index (κ1) is 13.0. The third-order valence-electron chi connectivity index (χ3n) is 3.11. The summed E-state index contributed by atoms with van der Waals surface area (Å²) < 4.78 is 28.2. The van der Waals surface area contributed by atoms with Crippen LogP contribution >= 0.6 is 0 Å². The fourth-order valence-electron chi connectivity index (χ4n) is 2.27. The second-order valence-corrected chi connectivity index (χ2v) is 7.21. The molecule has 0 radical (unpaired) electrons. The smallest absolute Gasteiger partial charge is 0.152 e. The van der Waals surface area contributed by atoms with E-state index in [9.17, 15) is 8.42 Å². The molecule has 5 nitrogen and oxygen atoms in total. The van der Waals surface area contributed by atoms with Gasteiger partial charge in [0.1, 0.15) is 5.75 Å². The molecule has 1 atom stereocenters. The van der Waals surface area contributed by atoms with E-state index >= 15 is 0 Å². The molecule has 1 unspecified atom stereocenters. The zero-order chi connectivity index (χ0) is 13.4. The number of anilines is 2. The highest BCUT2D eigenvalue weighted by atomic mass is 32.2. The number of nitrogens with two attached hydrogens (primary N) is 1. The van der Waals surface area contributed by atoms with Crippen LogP contribution in [0.1, 0.15) is 13.3 Å². The minimum atomic E-state index is -2.92. The van der Waals surface area contributed by atoms with Crippen molar-refractivity contribution in [2.75, 3.05) is 29.7 Å². The van der Waals surface area contributed by atoms with Gasteiger partial charge in [-0.25, -0.2) is 8.42 Å². The summed E-state index contributed by atoms with van der Waals surface area (Å²) >= 11 is 0. The van der Waals surface area contributed by atoms with Crippen molar-refractivity contribution < 1.29 is 13.2 Å². The maximum atomic E-state index is 11.5. The van der Waals surface area contributed by atoms with Crippen molar-refractivity contribution in [2.24, 2.45) is 0 Å². The summed E-state index contributed by atoms with van der Waals surface area (Å²) in [7, 11) is -1.36. The molecule has 0 bridgehead atoms. The van der Waals surface area contributed by atoms with Crippen molar-refractivity contribution in [2.45, 2.75) is 18.9 Å². The normalized spacial score (nSPS) is 25.9. The van der Waals surface area contributed by atoms with E-state index in [4.69, 9.17) is 10.5 Å². The largest absolute Gasteiger partial charge is 0.497 e. The topological polar surface area (TPSA) is 81.4 Å². The van der Waals surface area contributed by atoms with Gasteiger partial charge in [0.2, 0.25) is 0 Å². The standard InChI is InChI=1S/C12H18N2O3S/c1-12(3-4-18(15,16)8-12)14-10-5-9(13)6-11(7-10)17-2/h5-7,14H,3-4,8,13H2,1-2H3. The van der Waals surface area contributed by atoms with Gasteiger partial charge in [-0.05, 0) is 19.4 Å². The van der Waals surface area contributed by atoms with Crippen molar-refractivity contribution in [1.29, 1.82) is 0 Å². The predicted octanol–water partition coefficient (Wildman–Crippen LogP) is 1.27. The van der Waals surface area contributed by atoms with Crippen LogP contribution in [0.2, 0.25) is 0 Å². The van der Waals surface area contributed by atoms with Crippen LogP contribution in [-0.4, -0.2) is 32.6 Å². The molecule has 2 rings (SSSR count). The summed E-state index contributed by atoms with van der Waals surface area (Å²) in [6.45, 7) is 1.91. The number of nitrogens with one attached hydrogen (secondary N) is 1. The molecule has 0 saturated carbocycles. The molecule has 1 aromatic rings. The maximum absolute atomic E-state index is 11.5. The first-order valence-electron chi connectivity index (χ1n) is 5.75. The average Bonchev–Trinajstić information content (AvgIpc) is 2.51. The number of hydrogen-bond acceptors (Lipinski definition) is 5. The van der Waals surface area contributed by atoms with Crippen molar-refractivity contribution in [3.05, 3.63) is 18.2 Å². The van der Waals surface area contributed by atoms with E-state index in [0.717, 1.165) is 5.69 Å². The van der Waals surface area contributed by atoms with Crippen molar-refractivity contribution in [1.82, 2.24) is 0 Å². The van der Waals surface area contributed by atoms with E-state index in [1.54, 1.807) is 19.2 Å². The third kappa shape index (κ3) is 2.87. The molecule has 1 heterocycles. The van der Waals surface area contributed by atoms with Crippen LogP contribution in [0.5, 0.6) is 5.75 Å². The Kier molecular flexibility index (Phi) is 3.14. The monoisotopic (exact) mass is 270 g/mol. The number of rotatable bonds is 3. The van der Waals surface area contributed by atoms with E-state index in [0.29, 0.717) is 17.9 Å². The SMILES string of the molecule is COc1cc(N)cc(NC2(C)CCS(=O)(=O)C2)c1. The van der Waals surface area contributed by atoms with Gasteiger partial charge in [-0.1, -0.05) is 0 Å². The zero-order valence-electron chi connectivity index (χ0n) is 10.6. The van der Waals surface area contributed by atoms with Crippen LogP contribution < -0.4 is 15.8 Å². The molecular weight excluding hydrogens is 252 g/mol. The Bertz CT molecular complexity index is 556. The van der Waals surface area contributed by atoms with Crippen molar-refractivity contribution in [3.8, 4) is 5.75 Å². The Balaban J connectivity index is 2.22. The van der Waals surface area contributed by atoms with Gasteiger partial charge >= 0.3 is 0 Å². The Hall–Kier alpha value is -1.43. The molecule has 0 amide bonds. The van der Waals surface area contributed by atoms with Crippen LogP contribution in [0.4, 0.5) is 11.4 Å². The molecule has 1 aliphatic heterocycles. The lowest BCUT2D eigenvalue weighted by Crippen LogP contribution is -2.35. The van der Waals surface area contributed by atoms with Gasteiger partial charge in [-0.2, -0.15) is 0 Å². The van der Waals surface area contributed by atoms with Gasteiger partial charge in [0, 0.05) is 29.0 Å². The van der Waals surface area contributed by atoms with Gasteiger partial charge in [0.15, 0.2) is 9.84 Å². The second kappa shape index (κ2) is 4.35. The first-order chi connectivity index (χ1) is 8.32. The van der Waals surface area contributed by atoms with Crippen LogP contribution in [0.15, 0.2) is 18.2 Å². The van der Waals surface area contributed by atoms with Crippen LogP contribution in [0.25, 0.3) is 0 Å². The van der Waals surface area contributed by atoms with E-state index in [-0.39, 0.29) is 11.5 Å². The molecular formula is C12H18N2O3S. The number of nitrogen functional groups attached to an aromatic ring is 1. The lowest BCUT2D eigenvalue weighted by molar-refractivity contribution is 0.415. The Morgan fingerprint density at radius 3 is 2.67 bits per heavy atom. The Labute approximate surface area is 107 Å². The minimum Gasteiger partial charge on any atom is -0.497 e. The molecule has 1 fully saturated rings. The summed E-state index contributed by atoms with van der Waals surface area (Å²) in [5.74, 6) is 1.04. The maximum Gasteiger partial charge on any atom is 0.152 e. The van der Waals surface area contributed by atoms with Gasteiger partial charge in [-0.15, -0.1) is 0 Å².